The van der Waals surface area contributed by atoms with Crippen LogP contribution in [-0.2, 0) is 0 Å². The lowest BCUT2D eigenvalue weighted by Gasteiger charge is -2.06. The third-order valence-corrected chi connectivity index (χ3v) is 3.85. The van der Waals surface area contributed by atoms with Crippen molar-refractivity contribution in [2.45, 2.75) is 0 Å². The van der Waals surface area contributed by atoms with Gasteiger partial charge in [-0.2, -0.15) is 0 Å². The van der Waals surface area contributed by atoms with Crippen molar-refractivity contribution in [3.05, 3.63) is 50.1 Å². The van der Waals surface area contributed by atoms with E-state index in [-0.39, 0.29) is 12.5 Å². The third kappa shape index (κ3) is 3.53. The zero-order chi connectivity index (χ0) is 14.5. The number of carbonyl (C=O) groups is 1. The lowest BCUT2D eigenvalue weighted by atomic mass is 10.2. The van der Waals surface area contributed by atoms with Crippen LogP contribution in [0.1, 0.15) is 15.2 Å². The van der Waals surface area contributed by atoms with Gasteiger partial charge in [0, 0.05) is 10.6 Å². The highest BCUT2D eigenvalue weighted by Gasteiger charge is 2.13. The van der Waals surface area contributed by atoms with E-state index in [9.17, 15) is 4.79 Å². The van der Waals surface area contributed by atoms with Crippen molar-refractivity contribution in [2.24, 2.45) is 5.73 Å². The molecule has 6 heteroatoms. The number of benzene rings is 1. The van der Waals surface area contributed by atoms with Gasteiger partial charge in [-0.05, 0) is 29.6 Å². The van der Waals surface area contributed by atoms with Gasteiger partial charge in [0.25, 0.3) is 5.91 Å². The monoisotopic (exact) mass is 324 g/mol. The van der Waals surface area contributed by atoms with Gasteiger partial charge >= 0.3 is 0 Å². The summed E-state index contributed by atoms with van der Waals surface area (Å²) in [6, 6.07) is 6.66. The molecule has 0 fully saturated rings. The minimum atomic E-state index is -0.273. The number of nitrogens with one attached hydrogen (secondary N) is 1. The molecule has 0 aliphatic carbocycles. The molecule has 0 radical (unpaired) electrons. The number of thiophene rings is 1. The number of nitrogens with two attached hydrogens (primary N) is 1. The van der Waals surface area contributed by atoms with Gasteiger partial charge in [0.15, 0.2) is 0 Å². The van der Waals surface area contributed by atoms with Crippen molar-refractivity contribution >= 4 is 46.1 Å². The summed E-state index contributed by atoms with van der Waals surface area (Å²) in [7, 11) is 0. The van der Waals surface area contributed by atoms with Gasteiger partial charge in [0.1, 0.15) is 4.88 Å². The standard InChI is InChI=1S/C14H10Cl2N2OS/c15-10-3-4-11(16)12(8-10)18-14(19)13-9(2-1-6-17)5-7-20-13/h3-5,7-8H,6,17H2,(H,18,19). The van der Waals surface area contributed by atoms with Crippen LogP contribution >= 0.6 is 34.5 Å². The van der Waals surface area contributed by atoms with E-state index in [0.717, 1.165) is 0 Å². The largest absolute Gasteiger partial charge is 0.320 e. The maximum Gasteiger partial charge on any atom is 0.267 e. The van der Waals surface area contributed by atoms with Crippen molar-refractivity contribution in [3.8, 4) is 11.8 Å². The number of rotatable bonds is 2. The van der Waals surface area contributed by atoms with Crippen molar-refractivity contribution in [2.75, 3.05) is 11.9 Å². The van der Waals surface area contributed by atoms with Gasteiger partial charge in [-0.15, -0.1) is 11.3 Å². The Labute approximate surface area is 130 Å². The van der Waals surface area contributed by atoms with Crippen LogP contribution in [0.25, 0.3) is 0 Å². The molecule has 0 atom stereocenters. The van der Waals surface area contributed by atoms with Crippen LogP contribution in [-0.4, -0.2) is 12.5 Å². The fraction of sp³-hybridized carbons (Fsp3) is 0.0714. The number of carbonyl (C=O) groups excluding carboxylic acids is 1. The summed E-state index contributed by atoms with van der Waals surface area (Å²) in [5, 5.41) is 5.45. The minimum Gasteiger partial charge on any atom is -0.320 e. The molecule has 1 aromatic carbocycles. The van der Waals surface area contributed by atoms with Crippen LogP contribution in [0.15, 0.2) is 29.6 Å². The summed E-state index contributed by atoms with van der Waals surface area (Å²) in [5.41, 5.74) is 6.45. The summed E-state index contributed by atoms with van der Waals surface area (Å²) in [4.78, 5) is 12.7. The lowest BCUT2D eigenvalue weighted by Crippen LogP contribution is -2.12. The quantitative estimate of drug-likeness (QED) is 0.829. The molecule has 3 nitrogen and oxygen atoms in total. The Hall–Kier alpha value is -1.51. The molecule has 0 saturated heterocycles. The molecule has 3 N–H and O–H groups in total. The molecule has 0 spiro atoms. The van der Waals surface area contributed by atoms with E-state index < -0.39 is 0 Å². The summed E-state index contributed by atoms with van der Waals surface area (Å²) < 4.78 is 0. The van der Waals surface area contributed by atoms with Crippen LogP contribution in [0.2, 0.25) is 10.0 Å². The number of hydrogen-bond donors (Lipinski definition) is 2. The van der Waals surface area contributed by atoms with Gasteiger partial charge in [0.05, 0.1) is 17.3 Å². The average Bonchev–Trinajstić information content (AvgIpc) is 2.89. The maximum absolute atomic E-state index is 12.2. The Morgan fingerprint density at radius 3 is 2.90 bits per heavy atom. The Kier molecular flexibility index (Phi) is 5.05. The number of hydrogen-bond acceptors (Lipinski definition) is 3. The third-order valence-electron chi connectivity index (χ3n) is 2.37. The fourth-order valence-electron chi connectivity index (χ4n) is 1.50. The van der Waals surface area contributed by atoms with Crippen molar-refractivity contribution in [1.82, 2.24) is 0 Å². The molecule has 0 aliphatic rings. The Bertz CT molecular complexity index is 701. The highest BCUT2D eigenvalue weighted by Crippen LogP contribution is 2.27. The lowest BCUT2D eigenvalue weighted by molar-refractivity contribution is 0.103. The Morgan fingerprint density at radius 1 is 1.35 bits per heavy atom. The maximum atomic E-state index is 12.2. The second kappa shape index (κ2) is 6.78. The summed E-state index contributed by atoms with van der Waals surface area (Å²) in [5.74, 6) is 5.32. The van der Waals surface area contributed by atoms with E-state index >= 15 is 0 Å². The average molecular weight is 325 g/mol. The Balaban J connectivity index is 2.24. The smallest absolute Gasteiger partial charge is 0.267 e. The molecule has 1 heterocycles. The molecule has 2 aromatic rings. The molecule has 20 heavy (non-hydrogen) atoms. The molecule has 0 unspecified atom stereocenters. The summed E-state index contributed by atoms with van der Waals surface area (Å²) in [6.07, 6.45) is 0. The van der Waals surface area contributed by atoms with Gasteiger partial charge in [-0.25, -0.2) is 0 Å². The van der Waals surface area contributed by atoms with Gasteiger partial charge in [0.2, 0.25) is 0 Å². The SMILES string of the molecule is NCC#Cc1ccsc1C(=O)Nc1cc(Cl)ccc1Cl. The molecule has 2 rings (SSSR count). The molecule has 0 aliphatic heterocycles. The molecule has 102 valence electrons. The zero-order valence-corrected chi connectivity index (χ0v) is 12.6. The van der Waals surface area contributed by atoms with Crippen LogP contribution in [0.4, 0.5) is 5.69 Å². The fourth-order valence-corrected chi connectivity index (χ4v) is 2.58. The van der Waals surface area contributed by atoms with Crippen LogP contribution in [0, 0.1) is 11.8 Å². The van der Waals surface area contributed by atoms with Crippen molar-refractivity contribution in [1.29, 1.82) is 0 Å². The van der Waals surface area contributed by atoms with Crippen molar-refractivity contribution in [3.63, 3.8) is 0 Å². The number of anilines is 1. The molecular formula is C14H10Cl2N2OS. The topological polar surface area (TPSA) is 55.1 Å². The predicted molar refractivity (Wildman–Crippen MR) is 84.7 cm³/mol. The molecule has 0 saturated carbocycles. The van der Waals surface area contributed by atoms with Crippen molar-refractivity contribution < 1.29 is 4.79 Å². The predicted octanol–water partition coefficient (Wildman–Crippen LogP) is 3.62. The van der Waals surface area contributed by atoms with E-state index in [1.165, 1.54) is 11.3 Å². The van der Waals surface area contributed by atoms with Crippen LogP contribution < -0.4 is 11.1 Å². The van der Waals surface area contributed by atoms with Gasteiger partial charge < -0.3 is 11.1 Å². The van der Waals surface area contributed by atoms with E-state index in [0.29, 0.717) is 26.2 Å². The molecule has 0 bridgehead atoms. The first kappa shape index (κ1) is 14.9. The van der Waals surface area contributed by atoms with E-state index in [1.807, 2.05) is 0 Å². The highest BCUT2D eigenvalue weighted by molar-refractivity contribution is 7.12. The first-order valence-corrected chi connectivity index (χ1v) is 7.28. The van der Waals surface area contributed by atoms with E-state index in [1.54, 1.807) is 29.6 Å². The number of halogens is 2. The molecule has 1 amide bonds. The van der Waals surface area contributed by atoms with Crippen LogP contribution in [0.5, 0.6) is 0 Å². The van der Waals surface area contributed by atoms with Gasteiger partial charge in [-0.1, -0.05) is 35.0 Å². The Morgan fingerprint density at radius 2 is 2.15 bits per heavy atom. The summed E-state index contributed by atoms with van der Waals surface area (Å²) >= 11 is 13.2. The highest BCUT2D eigenvalue weighted by atomic mass is 35.5. The minimum absolute atomic E-state index is 0.247. The molecule has 1 aromatic heterocycles. The second-order valence-electron chi connectivity index (χ2n) is 3.75. The molecular weight excluding hydrogens is 315 g/mol. The second-order valence-corrected chi connectivity index (χ2v) is 5.51. The number of amides is 1. The normalized spacial score (nSPS) is 9.75. The zero-order valence-electron chi connectivity index (χ0n) is 10.2. The van der Waals surface area contributed by atoms with E-state index in [2.05, 4.69) is 17.2 Å². The first-order chi connectivity index (χ1) is 9.61. The van der Waals surface area contributed by atoms with Gasteiger partial charge in [-0.3, -0.25) is 4.79 Å². The summed E-state index contributed by atoms with van der Waals surface area (Å²) in [6.45, 7) is 0.247. The van der Waals surface area contributed by atoms with Crippen LogP contribution in [0.3, 0.4) is 0 Å². The first-order valence-electron chi connectivity index (χ1n) is 5.64. The van der Waals surface area contributed by atoms with E-state index in [4.69, 9.17) is 28.9 Å².